The first kappa shape index (κ1) is 18.1. The van der Waals surface area contributed by atoms with E-state index < -0.39 is 5.41 Å². The van der Waals surface area contributed by atoms with Crippen molar-refractivity contribution >= 4 is 33.3 Å². The number of likely N-dealkylation sites (N-methyl/N-ethyl adjacent to an activating group) is 1. The molecule has 0 saturated carbocycles. The summed E-state index contributed by atoms with van der Waals surface area (Å²) in [6, 6.07) is 6.11. The second-order valence-corrected chi connectivity index (χ2v) is 8.05. The number of anilines is 2. The normalized spacial score (nSPS) is 19.7. The van der Waals surface area contributed by atoms with Crippen molar-refractivity contribution in [2.75, 3.05) is 43.9 Å². The molecule has 1 heterocycles. The Balaban J connectivity index is 2.03. The number of carbonyl (C=O) groups is 1. The van der Waals surface area contributed by atoms with Gasteiger partial charge in [0.2, 0.25) is 0 Å². The van der Waals surface area contributed by atoms with Crippen LogP contribution in [-0.2, 0) is 9.53 Å². The molecule has 0 amide bonds. The zero-order valence-electron chi connectivity index (χ0n) is 14.3. The van der Waals surface area contributed by atoms with E-state index in [-0.39, 0.29) is 12.0 Å². The number of nitrogen functional groups attached to an aromatic ring is 1. The highest BCUT2D eigenvalue weighted by atomic mass is 79.9. The summed E-state index contributed by atoms with van der Waals surface area (Å²) in [4.78, 5) is 16.5. The van der Waals surface area contributed by atoms with Crippen LogP contribution in [0.1, 0.15) is 20.8 Å². The van der Waals surface area contributed by atoms with E-state index >= 15 is 0 Å². The second kappa shape index (κ2) is 7.09. The molecule has 1 aliphatic heterocycles. The minimum absolute atomic E-state index is 0.161. The number of esters is 1. The summed E-state index contributed by atoms with van der Waals surface area (Å²) in [6.45, 7) is 8.62. The number of rotatable bonds is 3. The van der Waals surface area contributed by atoms with Gasteiger partial charge in [-0.25, -0.2) is 0 Å². The zero-order valence-corrected chi connectivity index (χ0v) is 15.9. The summed E-state index contributed by atoms with van der Waals surface area (Å²) in [6.07, 6.45) is 0. The number of benzene rings is 1. The highest BCUT2D eigenvalue weighted by molar-refractivity contribution is 9.10. The van der Waals surface area contributed by atoms with Gasteiger partial charge in [-0.2, -0.15) is 0 Å². The van der Waals surface area contributed by atoms with E-state index in [1.165, 1.54) is 0 Å². The minimum Gasteiger partial charge on any atom is -0.464 e. The van der Waals surface area contributed by atoms with Crippen LogP contribution in [0.4, 0.5) is 11.4 Å². The number of hydrogen-bond acceptors (Lipinski definition) is 5. The molecule has 1 aromatic carbocycles. The molecule has 1 aromatic rings. The Morgan fingerprint density at radius 2 is 2.09 bits per heavy atom. The molecule has 0 aromatic heterocycles. The van der Waals surface area contributed by atoms with Crippen LogP contribution < -0.4 is 10.6 Å². The Bertz CT molecular complexity index is 571. The molecule has 1 atom stereocenters. The molecule has 0 spiro atoms. The molecule has 128 valence electrons. The van der Waals surface area contributed by atoms with Gasteiger partial charge in [0.1, 0.15) is 6.61 Å². The first-order chi connectivity index (χ1) is 10.7. The predicted molar refractivity (Wildman–Crippen MR) is 97.6 cm³/mol. The fourth-order valence-electron chi connectivity index (χ4n) is 2.55. The fourth-order valence-corrected chi connectivity index (χ4v) is 2.93. The van der Waals surface area contributed by atoms with E-state index in [1.54, 1.807) is 0 Å². The van der Waals surface area contributed by atoms with Gasteiger partial charge in [-0.3, -0.25) is 9.69 Å². The first-order valence-electron chi connectivity index (χ1n) is 7.86. The molecule has 0 radical (unpaired) electrons. The number of nitrogens with zero attached hydrogens (tertiary/aromatic N) is 2. The van der Waals surface area contributed by atoms with E-state index in [4.69, 9.17) is 10.5 Å². The molecular formula is C17H26BrN3O2. The Morgan fingerprint density at radius 3 is 2.70 bits per heavy atom. The van der Waals surface area contributed by atoms with Gasteiger partial charge in [0, 0.05) is 24.1 Å². The van der Waals surface area contributed by atoms with E-state index in [0.29, 0.717) is 6.61 Å². The van der Waals surface area contributed by atoms with Crippen LogP contribution in [0.25, 0.3) is 0 Å². The van der Waals surface area contributed by atoms with Crippen molar-refractivity contribution in [1.82, 2.24) is 4.90 Å². The van der Waals surface area contributed by atoms with Gasteiger partial charge in [-0.1, -0.05) is 15.9 Å². The Kier molecular flexibility index (Phi) is 5.57. The zero-order chi connectivity index (χ0) is 17.2. The van der Waals surface area contributed by atoms with Crippen LogP contribution in [0.3, 0.4) is 0 Å². The number of hydrogen-bond donors (Lipinski definition) is 1. The lowest BCUT2D eigenvalue weighted by Gasteiger charge is -2.40. The largest absolute Gasteiger partial charge is 0.464 e. The van der Waals surface area contributed by atoms with Gasteiger partial charge in [0.05, 0.1) is 22.8 Å². The van der Waals surface area contributed by atoms with Gasteiger partial charge < -0.3 is 15.4 Å². The molecule has 2 rings (SSSR count). The molecule has 0 bridgehead atoms. The van der Waals surface area contributed by atoms with Crippen molar-refractivity contribution in [2.45, 2.75) is 26.8 Å². The van der Waals surface area contributed by atoms with Gasteiger partial charge >= 0.3 is 5.97 Å². The van der Waals surface area contributed by atoms with Gasteiger partial charge in [-0.15, -0.1) is 0 Å². The lowest BCUT2D eigenvalue weighted by molar-refractivity contribution is -0.154. The third kappa shape index (κ3) is 4.61. The standard InChI is InChI=1S/C17H26BrN3O2/c1-17(2,3)16(22)23-11-13-10-21(8-7-20(13)4)15-6-5-12(18)9-14(15)19/h5-6,9,13H,7-8,10-11,19H2,1-4H3. The predicted octanol–water partition coefficient (Wildman–Crippen LogP) is 2.74. The maximum Gasteiger partial charge on any atom is 0.311 e. The molecule has 1 unspecified atom stereocenters. The Morgan fingerprint density at radius 1 is 1.39 bits per heavy atom. The van der Waals surface area contributed by atoms with E-state index in [2.05, 4.69) is 32.8 Å². The van der Waals surface area contributed by atoms with E-state index in [1.807, 2.05) is 39.0 Å². The molecule has 1 aliphatic rings. The molecule has 2 N–H and O–H groups in total. The summed E-state index contributed by atoms with van der Waals surface area (Å²) in [5.74, 6) is -0.161. The number of nitrogens with two attached hydrogens (primary N) is 1. The van der Waals surface area contributed by atoms with Crippen LogP contribution in [0.5, 0.6) is 0 Å². The van der Waals surface area contributed by atoms with Crippen LogP contribution >= 0.6 is 15.9 Å². The van der Waals surface area contributed by atoms with E-state index in [9.17, 15) is 4.79 Å². The highest BCUT2D eigenvalue weighted by Gasteiger charge is 2.29. The van der Waals surface area contributed by atoms with Gasteiger partial charge in [0.25, 0.3) is 0 Å². The van der Waals surface area contributed by atoms with Gasteiger partial charge in [0.15, 0.2) is 0 Å². The maximum absolute atomic E-state index is 12.0. The number of piperazine rings is 1. The number of halogens is 1. The lowest BCUT2D eigenvalue weighted by atomic mass is 9.97. The quantitative estimate of drug-likeness (QED) is 0.642. The highest BCUT2D eigenvalue weighted by Crippen LogP contribution is 2.28. The SMILES string of the molecule is CN1CCN(c2ccc(Br)cc2N)CC1COC(=O)C(C)(C)C. The van der Waals surface area contributed by atoms with Crippen LogP contribution in [0.15, 0.2) is 22.7 Å². The summed E-state index contributed by atoms with van der Waals surface area (Å²) in [5, 5.41) is 0. The molecule has 6 heteroatoms. The summed E-state index contributed by atoms with van der Waals surface area (Å²) in [5.41, 5.74) is 7.47. The molecule has 23 heavy (non-hydrogen) atoms. The molecule has 1 saturated heterocycles. The van der Waals surface area contributed by atoms with Crippen LogP contribution in [-0.4, -0.2) is 50.2 Å². The summed E-state index contributed by atoms with van der Waals surface area (Å²) >= 11 is 3.44. The Labute approximate surface area is 146 Å². The lowest BCUT2D eigenvalue weighted by Crippen LogP contribution is -2.54. The van der Waals surface area contributed by atoms with Crippen LogP contribution in [0, 0.1) is 5.41 Å². The number of ether oxygens (including phenoxy) is 1. The molecule has 1 fully saturated rings. The van der Waals surface area contributed by atoms with Crippen LogP contribution in [0.2, 0.25) is 0 Å². The topological polar surface area (TPSA) is 58.8 Å². The average Bonchev–Trinajstić information content (AvgIpc) is 2.45. The Hall–Kier alpha value is -1.27. The van der Waals surface area contributed by atoms with Crippen molar-refractivity contribution in [2.24, 2.45) is 5.41 Å². The minimum atomic E-state index is -0.469. The monoisotopic (exact) mass is 383 g/mol. The maximum atomic E-state index is 12.0. The van der Waals surface area contributed by atoms with E-state index in [0.717, 1.165) is 35.5 Å². The first-order valence-corrected chi connectivity index (χ1v) is 8.65. The average molecular weight is 384 g/mol. The van der Waals surface area contributed by atoms with Crippen molar-refractivity contribution in [3.63, 3.8) is 0 Å². The third-order valence-electron chi connectivity index (χ3n) is 4.13. The fraction of sp³-hybridized carbons (Fsp3) is 0.588. The van der Waals surface area contributed by atoms with Crippen molar-refractivity contribution < 1.29 is 9.53 Å². The summed E-state index contributed by atoms with van der Waals surface area (Å²) in [7, 11) is 2.07. The smallest absolute Gasteiger partial charge is 0.311 e. The van der Waals surface area contributed by atoms with Crippen molar-refractivity contribution in [3.8, 4) is 0 Å². The third-order valence-corrected chi connectivity index (χ3v) is 4.62. The molecular weight excluding hydrogens is 358 g/mol. The van der Waals surface area contributed by atoms with Gasteiger partial charge in [-0.05, 0) is 46.0 Å². The second-order valence-electron chi connectivity index (χ2n) is 7.13. The molecule has 5 nitrogen and oxygen atoms in total. The van der Waals surface area contributed by atoms with Crippen molar-refractivity contribution in [3.05, 3.63) is 22.7 Å². The summed E-state index contributed by atoms with van der Waals surface area (Å²) < 4.78 is 6.48. The molecule has 0 aliphatic carbocycles. The van der Waals surface area contributed by atoms with Crippen molar-refractivity contribution in [1.29, 1.82) is 0 Å². The number of carbonyl (C=O) groups excluding carboxylic acids is 1.